The molecule has 0 saturated heterocycles. The van der Waals surface area contributed by atoms with E-state index in [2.05, 4.69) is 25.8 Å². The van der Waals surface area contributed by atoms with Gasteiger partial charge in [-0.3, -0.25) is 4.79 Å². The monoisotopic (exact) mass is 223 g/mol. The van der Waals surface area contributed by atoms with E-state index in [9.17, 15) is 4.79 Å². The molecule has 1 aromatic heterocycles. The molecule has 2 rings (SSSR count). The summed E-state index contributed by atoms with van der Waals surface area (Å²) in [6, 6.07) is 0. The molecule has 1 heterocycles. The fraction of sp³-hybridized carbons (Fsp3) is 0.667. The van der Waals surface area contributed by atoms with Crippen LogP contribution >= 0.6 is 11.3 Å². The Morgan fingerprint density at radius 3 is 2.67 bits per heavy atom. The summed E-state index contributed by atoms with van der Waals surface area (Å²) in [6.45, 7) is 6.61. The molecule has 1 aliphatic carbocycles. The first-order valence-electron chi connectivity index (χ1n) is 5.47. The van der Waals surface area contributed by atoms with Crippen molar-refractivity contribution in [3.63, 3.8) is 0 Å². The SMILES string of the molecule is CC(C)(C)Cc1nc2c(s1)C(=O)CCC2. The van der Waals surface area contributed by atoms with Gasteiger partial charge in [0, 0.05) is 12.8 Å². The molecule has 1 aliphatic rings. The van der Waals surface area contributed by atoms with E-state index in [1.165, 1.54) is 0 Å². The van der Waals surface area contributed by atoms with Gasteiger partial charge in [0.1, 0.15) is 0 Å². The van der Waals surface area contributed by atoms with Crippen LogP contribution < -0.4 is 0 Å². The van der Waals surface area contributed by atoms with Crippen molar-refractivity contribution in [3.05, 3.63) is 15.6 Å². The standard InChI is InChI=1S/C12H17NOS/c1-12(2,3)7-10-13-8-5-4-6-9(14)11(8)15-10/h4-7H2,1-3H3. The van der Waals surface area contributed by atoms with Crippen LogP contribution in [0.5, 0.6) is 0 Å². The van der Waals surface area contributed by atoms with E-state index in [1.807, 2.05) is 0 Å². The van der Waals surface area contributed by atoms with Gasteiger partial charge in [-0.25, -0.2) is 4.98 Å². The summed E-state index contributed by atoms with van der Waals surface area (Å²) in [6.07, 6.45) is 3.65. The number of aryl methyl sites for hydroxylation is 1. The Labute approximate surface area is 94.7 Å². The van der Waals surface area contributed by atoms with Gasteiger partial charge in [-0.15, -0.1) is 11.3 Å². The molecule has 82 valence electrons. The van der Waals surface area contributed by atoms with Crippen LogP contribution in [0.1, 0.15) is 54.0 Å². The van der Waals surface area contributed by atoms with Gasteiger partial charge in [-0.05, 0) is 18.3 Å². The molecule has 0 saturated carbocycles. The number of carbonyl (C=O) groups excluding carboxylic acids is 1. The Morgan fingerprint density at radius 1 is 1.33 bits per heavy atom. The largest absolute Gasteiger partial charge is 0.293 e. The first kappa shape index (κ1) is 10.8. The number of ketones is 1. The predicted molar refractivity (Wildman–Crippen MR) is 62.5 cm³/mol. The van der Waals surface area contributed by atoms with Crippen LogP contribution in [0.25, 0.3) is 0 Å². The van der Waals surface area contributed by atoms with E-state index in [1.54, 1.807) is 11.3 Å². The molecule has 0 spiro atoms. The second kappa shape index (κ2) is 3.71. The lowest BCUT2D eigenvalue weighted by Gasteiger charge is -2.15. The molecule has 1 aromatic rings. The molecule has 0 N–H and O–H groups in total. The minimum atomic E-state index is 0.253. The number of carbonyl (C=O) groups is 1. The number of hydrogen-bond acceptors (Lipinski definition) is 3. The van der Waals surface area contributed by atoms with Crippen LogP contribution in [0.2, 0.25) is 0 Å². The average Bonchev–Trinajstić information content (AvgIpc) is 2.45. The number of Topliss-reactive ketones (excluding diaryl/α,β-unsaturated/α-hetero) is 1. The quantitative estimate of drug-likeness (QED) is 0.731. The lowest BCUT2D eigenvalue weighted by molar-refractivity contribution is 0.0976. The number of rotatable bonds is 1. The van der Waals surface area contributed by atoms with Crippen LogP contribution in [0, 0.1) is 5.41 Å². The number of fused-ring (bicyclic) bond motifs is 1. The maximum atomic E-state index is 11.6. The van der Waals surface area contributed by atoms with Crippen LogP contribution in [-0.4, -0.2) is 10.8 Å². The van der Waals surface area contributed by atoms with Gasteiger partial charge in [0.15, 0.2) is 5.78 Å². The highest BCUT2D eigenvalue weighted by Gasteiger charge is 2.23. The Morgan fingerprint density at radius 2 is 2.07 bits per heavy atom. The van der Waals surface area contributed by atoms with Gasteiger partial charge < -0.3 is 0 Å². The number of aromatic nitrogens is 1. The van der Waals surface area contributed by atoms with Crippen molar-refractivity contribution >= 4 is 17.1 Å². The topological polar surface area (TPSA) is 30.0 Å². The zero-order chi connectivity index (χ0) is 11.1. The summed E-state index contributed by atoms with van der Waals surface area (Å²) < 4.78 is 0. The van der Waals surface area contributed by atoms with Crippen LogP contribution in [-0.2, 0) is 12.8 Å². The predicted octanol–water partition coefficient (Wildman–Crippen LogP) is 3.25. The molecule has 0 atom stereocenters. The molecule has 3 heteroatoms. The Bertz CT molecular complexity index is 387. The lowest BCUT2D eigenvalue weighted by Crippen LogP contribution is -2.09. The van der Waals surface area contributed by atoms with E-state index < -0.39 is 0 Å². The van der Waals surface area contributed by atoms with Crippen LogP contribution in [0.15, 0.2) is 0 Å². The van der Waals surface area contributed by atoms with Crippen molar-refractivity contribution < 1.29 is 4.79 Å². The van der Waals surface area contributed by atoms with Gasteiger partial charge in [0.05, 0.1) is 15.6 Å². The molecular formula is C12H17NOS. The lowest BCUT2D eigenvalue weighted by atomic mass is 9.93. The fourth-order valence-electron chi connectivity index (χ4n) is 1.85. The normalized spacial score (nSPS) is 16.6. The highest BCUT2D eigenvalue weighted by atomic mass is 32.1. The number of nitrogens with zero attached hydrogens (tertiary/aromatic N) is 1. The van der Waals surface area contributed by atoms with E-state index >= 15 is 0 Å². The molecule has 0 aliphatic heterocycles. The average molecular weight is 223 g/mol. The molecule has 0 amide bonds. The number of thiazole rings is 1. The summed E-state index contributed by atoms with van der Waals surface area (Å²) >= 11 is 1.61. The molecule has 0 aromatic carbocycles. The van der Waals surface area contributed by atoms with Crippen LogP contribution in [0.3, 0.4) is 0 Å². The minimum absolute atomic E-state index is 0.253. The van der Waals surface area contributed by atoms with Gasteiger partial charge in [-0.2, -0.15) is 0 Å². The molecule has 2 nitrogen and oxygen atoms in total. The summed E-state index contributed by atoms with van der Waals surface area (Å²) in [5.41, 5.74) is 1.30. The van der Waals surface area contributed by atoms with Gasteiger partial charge in [0.25, 0.3) is 0 Å². The zero-order valence-electron chi connectivity index (χ0n) is 9.59. The van der Waals surface area contributed by atoms with Crippen molar-refractivity contribution in [3.8, 4) is 0 Å². The summed E-state index contributed by atoms with van der Waals surface area (Å²) in [5, 5.41) is 1.13. The highest BCUT2D eigenvalue weighted by molar-refractivity contribution is 7.13. The van der Waals surface area contributed by atoms with Gasteiger partial charge in [-0.1, -0.05) is 20.8 Å². The third kappa shape index (κ3) is 2.46. The second-order valence-electron chi connectivity index (χ2n) is 5.40. The Hall–Kier alpha value is -0.700. The van der Waals surface area contributed by atoms with E-state index in [4.69, 9.17) is 0 Å². The summed E-state index contributed by atoms with van der Waals surface area (Å²) in [4.78, 5) is 17.2. The third-order valence-corrected chi connectivity index (χ3v) is 3.63. The smallest absolute Gasteiger partial charge is 0.174 e. The maximum Gasteiger partial charge on any atom is 0.174 e. The van der Waals surface area contributed by atoms with E-state index in [0.29, 0.717) is 12.2 Å². The molecule has 0 unspecified atom stereocenters. The van der Waals surface area contributed by atoms with Crippen molar-refractivity contribution in [1.82, 2.24) is 4.98 Å². The van der Waals surface area contributed by atoms with Gasteiger partial charge >= 0.3 is 0 Å². The first-order valence-corrected chi connectivity index (χ1v) is 6.29. The zero-order valence-corrected chi connectivity index (χ0v) is 10.4. The highest BCUT2D eigenvalue weighted by Crippen LogP contribution is 2.30. The van der Waals surface area contributed by atoms with E-state index in [0.717, 1.165) is 34.8 Å². The Balaban J connectivity index is 2.26. The molecule has 15 heavy (non-hydrogen) atoms. The maximum absolute atomic E-state index is 11.6. The van der Waals surface area contributed by atoms with Crippen molar-refractivity contribution in [2.24, 2.45) is 5.41 Å². The first-order chi connectivity index (χ1) is 6.96. The summed E-state index contributed by atoms with van der Waals surface area (Å²) in [5.74, 6) is 0.300. The molecule has 0 radical (unpaired) electrons. The minimum Gasteiger partial charge on any atom is -0.293 e. The fourth-order valence-corrected chi connectivity index (χ4v) is 3.23. The molecule has 0 bridgehead atoms. The van der Waals surface area contributed by atoms with Crippen molar-refractivity contribution in [1.29, 1.82) is 0 Å². The van der Waals surface area contributed by atoms with Crippen LogP contribution in [0.4, 0.5) is 0 Å². The van der Waals surface area contributed by atoms with Crippen molar-refractivity contribution in [2.45, 2.75) is 46.5 Å². The molecular weight excluding hydrogens is 206 g/mol. The summed E-state index contributed by atoms with van der Waals surface area (Å²) in [7, 11) is 0. The molecule has 0 fully saturated rings. The van der Waals surface area contributed by atoms with Gasteiger partial charge in [0.2, 0.25) is 0 Å². The Kier molecular flexibility index (Phi) is 2.67. The third-order valence-electron chi connectivity index (χ3n) is 2.49. The van der Waals surface area contributed by atoms with Crippen molar-refractivity contribution in [2.75, 3.05) is 0 Å². The second-order valence-corrected chi connectivity index (χ2v) is 6.48. The number of hydrogen-bond donors (Lipinski definition) is 0. The van der Waals surface area contributed by atoms with E-state index in [-0.39, 0.29) is 5.41 Å².